The fourth-order valence-corrected chi connectivity index (χ4v) is 3.20. The van der Waals surface area contributed by atoms with Gasteiger partial charge in [-0.3, -0.25) is 19.3 Å². The van der Waals surface area contributed by atoms with E-state index in [0.29, 0.717) is 38.6 Å². The molecule has 25 heavy (non-hydrogen) atoms. The highest BCUT2D eigenvalue weighted by Crippen LogP contribution is 2.26. The summed E-state index contributed by atoms with van der Waals surface area (Å²) in [5.74, 6) is -0.680. The van der Waals surface area contributed by atoms with E-state index >= 15 is 0 Å². The number of nitrogens with zero attached hydrogens (tertiary/aromatic N) is 2. The molecule has 1 aromatic carbocycles. The molecule has 134 valence electrons. The van der Waals surface area contributed by atoms with Crippen LogP contribution in [0.4, 0.5) is 5.69 Å². The molecular formula is C18H22N2O5. The quantitative estimate of drug-likeness (QED) is 0.579. The number of carbonyl (C=O) groups is 3. The van der Waals surface area contributed by atoms with Gasteiger partial charge in [-0.25, -0.2) is 4.90 Å². The van der Waals surface area contributed by atoms with Gasteiger partial charge in [0.2, 0.25) is 5.91 Å². The summed E-state index contributed by atoms with van der Waals surface area (Å²) in [6.07, 6.45) is 0.371. The fraction of sp³-hybridized carbons (Fsp3) is 0.500. The van der Waals surface area contributed by atoms with Crippen LogP contribution in [0.15, 0.2) is 24.3 Å². The zero-order valence-electron chi connectivity index (χ0n) is 14.3. The van der Waals surface area contributed by atoms with Crippen molar-refractivity contribution in [2.75, 3.05) is 37.8 Å². The highest BCUT2D eigenvalue weighted by atomic mass is 16.5. The molecule has 0 saturated carbocycles. The number of carbonyl (C=O) groups excluding carboxylic acids is 3. The fourth-order valence-electron chi connectivity index (χ4n) is 3.20. The first-order valence-electron chi connectivity index (χ1n) is 8.53. The Morgan fingerprint density at radius 2 is 1.88 bits per heavy atom. The van der Waals surface area contributed by atoms with E-state index in [1.165, 1.54) is 4.90 Å². The Bertz CT molecular complexity index is 652. The van der Waals surface area contributed by atoms with Gasteiger partial charge < -0.3 is 9.47 Å². The van der Waals surface area contributed by atoms with Crippen molar-refractivity contribution in [1.29, 1.82) is 0 Å². The SMILES string of the molecule is CCOC(=O)Cc1ccc(N2C(=O)C[C@@H](N3CCOCC3)C2=O)cc1. The zero-order valence-corrected chi connectivity index (χ0v) is 14.3. The molecule has 7 heteroatoms. The summed E-state index contributed by atoms with van der Waals surface area (Å²) in [4.78, 5) is 39.8. The summed E-state index contributed by atoms with van der Waals surface area (Å²) in [6, 6.07) is 6.48. The van der Waals surface area contributed by atoms with E-state index in [1.54, 1.807) is 31.2 Å². The standard InChI is InChI=1S/C18H22N2O5/c1-2-25-17(22)11-13-3-5-14(6-4-13)20-16(21)12-15(18(20)23)19-7-9-24-10-8-19/h3-6,15H,2,7-12H2,1H3/t15-/m1/s1. The minimum absolute atomic E-state index is 0.173. The molecule has 0 spiro atoms. The number of benzene rings is 1. The van der Waals surface area contributed by atoms with Crippen molar-refractivity contribution < 1.29 is 23.9 Å². The molecule has 2 aliphatic heterocycles. The van der Waals surface area contributed by atoms with Crippen molar-refractivity contribution in [2.24, 2.45) is 0 Å². The van der Waals surface area contributed by atoms with Gasteiger partial charge in [-0.05, 0) is 24.6 Å². The van der Waals surface area contributed by atoms with Crippen LogP contribution in [0.5, 0.6) is 0 Å². The van der Waals surface area contributed by atoms with Crippen LogP contribution < -0.4 is 4.90 Å². The van der Waals surface area contributed by atoms with Crippen molar-refractivity contribution >= 4 is 23.5 Å². The maximum absolute atomic E-state index is 12.7. The van der Waals surface area contributed by atoms with Gasteiger partial charge in [0.1, 0.15) is 0 Å². The van der Waals surface area contributed by atoms with Crippen LogP contribution >= 0.6 is 0 Å². The molecular weight excluding hydrogens is 324 g/mol. The molecule has 0 bridgehead atoms. The maximum Gasteiger partial charge on any atom is 0.310 e. The van der Waals surface area contributed by atoms with Crippen LogP contribution in [0.25, 0.3) is 0 Å². The number of ether oxygens (including phenoxy) is 2. The molecule has 0 radical (unpaired) electrons. The Morgan fingerprint density at radius 1 is 1.20 bits per heavy atom. The lowest BCUT2D eigenvalue weighted by Gasteiger charge is -2.30. The summed E-state index contributed by atoms with van der Waals surface area (Å²) < 4.78 is 10.2. The first-order valence-corrected chi connectivity index (χ1v) is 8.53. The third-order valence-electron chi connectivity index (χ3n) is 4.46. The Labute approximate surface area is 146 Å². The normalized spacial score (nSPS) is 21.6. The maximum atomic E-state index is 12.7. The van der Waals surface area contributed by atoms with E-state index in [2.05, 4.69) is 0 Å². The highest BCUT2D eigenvalue weighted by molar-refractivity contribution is 6.22. The highest BCUT2D eigenvalue weighted by Gasteiger charge is 2.42. The average molecular weight is 346 g/mol. The van der Waals surface area contributed by atoms with Gasteiger partial charge in [0, 0.05) is 13.1 Å². The first-order chi connectivity index (χ1) is 12.1. The average Bonchev–Trinajstić information content (AvgIpc) is 2.91. The van der Waals surface area contributed by atoms with Crippen LogP contribution in [0.1, 0.15) is 18.9 Å². The number of morpholine rings is 1. The molecule has 3 rings (SSSR count). The number of imide groups is 1. The lowest BCUT2D eigenvalue weighted by atomic mass is 10.1. The molecule has 7 nitrogen and oxygen atoms in total. The summed E-state index contributed by atoms with van der Waals surface area (Å²) in [5, 5.41) is 0. The number of esters is 1. The zero-order chi connectivity index (χ0) is 17.8. The van der Waals surface area contributed by atoms with Crippen molar-refractivity contribution in [2.45, 2.75) is 25.8 Å². The minimum atomic E-state index is -0.407. The minimum Gasteiger partial charge on any atom is -0.466 e. The van der Waals surface area contributed by atoms with E-state index in [0.717, 1.165) is 5.56 Å². The lowest BCUT2D eigenvalue weighted by Crippen LogP contribution is -2.47. The number of rotatable bonds is 5. The molecule has 2 aliphatic rings. The Balaban J connectivity index is 1.69. The van der Waals surface area contributed by atoms with Gasteiger partial charge >= 0.3 is 5.97 Å². The lowest BCUT2D eigenvalue weighted by molar-refractivity contribution is -0.142. The summed E-state index contributed by atoms with van der Waals surface area (Å²) in [6.45, 7) is 4.60. The molecule has 0 N–H and O–H groups in total. The van der Waals surface area contributed by atoms with Gasteiger partial charge in [-0.1, -0.05) is 12.1 Å². The van der Waals surface area contributed by atoms with Crippen LogP contribution in [0.3, 0.4) is 0 Å². The van der Waals surface area contributed by atoms with Gasteiger partial charge in [0.05, 0.1) is 44.4 Å². The third kappa shape index (κ3) is 3.88. The number of hydrogen-bond donors (Lipinski definition) is 0. The molecule has 2 amide bonds. The number of amides is 2. The van der Waals surface area contributed by atoms with E-state index < -0.39 is 6.04 Å². The van der Waals surface area contributed by atoms with Crippen molar-refractivity contribution in [1.82, 2.24) is 4.90 Å². The molecule has 2 fully saturated rings. The summed E-state index contributed by atoms with van der Waals surface area (Å²) in [5.41, 5.74) is 1.32. The smallest absolute Gasteiger partial charge is 0.310 e. The first kappa shape index (κ1) is 17.6. The Kier molecular flexibility index (Phi) is 5.45. The number of anilines is 1. The Hall–Kier alpha value is -2.25. The predicted octanol–water partition coefficient (Wildman–Crippen LogP) is 0.756. The van der Waals surface area contributed by atoms with E-state index in [4.69, 9.17) is 9.47 Å². The molecule has 2 heterocycles. The van der Waals surface area contributed by atoms with Gasteiger partial charge in [0.15, 0.2) is 0 Å². The van der Waals surface area contributed by atoms with Crippen molar-refractivity contribution in [3.63, 3.8) is 0 Å². The summed E-state index contributed by atoms with van der Waals surface area (Å²) >= 11 is 0. The van der Waals surface area contributed by atoms with Gasteiger partial charge in [-0.15, -0.1) is 0 Å². The number of hydrogen-bond acceptors (Lipinski definition) is 6. The molecule has 0 unspecified atom stereocenters. The van der Waals surface area contributed by atoms with Gasteiger partial charge in [0.25, 0.3) is 5.91 Å². The largest absolute Gasteiger partial charge is 0.466 e. The van der Waals surface area contributed by atoms with E-state index in [9.17, 15) is 14.4 Å². The predicted molar refractivity (Wildman–Crippen MR) is 90.1 cm³/mol. The van der Waals surface area contributed by atoms with Gasteiger partial charge in [-0.2, -0.15) is 0 Å². The van der Waals surface area contributed by atoms with Crippen molar-refractivity contribution in [3.8, 4) is 0 Å². The second-order valence-electron chi connectivity index (χ2n) is 6.08. The topological polar surface area (TPSA) is 76.2 Å². The molecule has 2 saturated heterocycles. The Morgan fingerprint density at radius 3 is 2.52 bits per heavy atom. The van der Waals surface area contributed by atoms with Crippen LogP contribution in [0.2, 0.25) is 0 Å². The monoisotopic (exact) mass is 346 g/mol. The summed E-state index contributed by atoms with van der Waals surface area (Å²) in [7, 11) is 0. The molecule has 0 aromatic heterocycles. The molecule has 0 aliphatic carbocycles. The second-order valence-corrected chi connectivity index (χ2v) is 6.08. The second kappa shape index (κ2) is 7.76. The molecule has 1 atom stereocenters. The molecule has 1 aromatic rings. The van der Waals surface area contributed by atoms with E-state index in [1.807, 2.05) is 4.90 Å². The van der Waals surface area contributed by atoms with E-state index in [-0.39, 0.29) is 30.6 Å². The van der Waals surface area contributed by atoms with Crippen LogP contribution in [-0.4, -0.2) is 61.6 Å². The van der Waals surface area contributed by atoms with Crippen molar-refractivity contribution in [3.05, 3.63) is 29.8 Å². The third-order valence-corrected chi connectivity index (χ3v) is 4.46. The van der Waals surface area contributed by atoms with Crippen LogP contribution in [-0.2, 0) is 30.3 Å². The van der Waals surface area contributed by atoms with Crippen LogP contribution in [0, 0.1) is 0 Å².